The summed E-state index contributed by atoms with van der Waals surface area (Å²) in [6.07, 6.45) is 19.5. The second-order valence-electron chi connectivity index (χ2n) is 18.5. The fraction of sp³-hybridized carbons (Fsp3) is 0.821. The highest BCUT2D eigenvalue weighted by atomic mass is 32.1. The van der Waals surface area contributed by atoms with Gasteiger partial charge in [0.2, 0.25) is 0 Å². The maximum atomic E-state index is 14.3. The highest BCUT2D eigenvalue weighted by Gasteiger charge is 2.73. The van der Waals surface area contributed by atoms with Crippen LogP contribution < -0.4 is 0 Å². The summed E-state index contributed by atoms with van der Waals surface area (Å²) in [6, 6.07) is 0. The lowest BCUT2D eigenvalue weighted by Crippen LogP contribution is -2.67. The van der Waals surface area contributed by atoms with E-state index in [2.05, 4.69) is 59.9 Å². The number of allylic oxidation sites excluding steroid dienone is 1. The minimum atomic E-state index is -0.287. The molecule has 0 radical (unpaired) electrons. The Hall–Kier alpha value is -0.930. The predicted molar refractivity (Wildman–Crippen MR) is 174 cm³/mol. The van der Waals surface area contributed by atoms with Gasteiger partial charge in [0.25, 0.3) is 0 Å². The maximum absolute atomic E-state index is 14.3. The quantitative estimate of drug-likeness (QED) is 0.305. The van der Waals surface area contributed by atoms with Crippen LogP contribution in [0.25, 0.3) is 6.08 Å². The van der Waals surface area contributed by atoms with Crippen molar-refractivity contribution in [1.82, 2.24) is 0 Å². The Morgan fingerprint density at radius 1 is 0.857 bits per heavy atom. The molecule has 6 aliphatic carbocycles. The second-order valence-corrected chi connectivity index (χ2v) is 19.4. The van der Waals surface area contributed by atoms with Crippen molar-refractivity contribution in [1.29, 1.82) is 0 Å². The van der Waals surface area contributed by atoms with E-state index >= 15 is 0 Å². The summed E-state index contributed by atoms with van der Waals surface area (Å²) in [5.41, 5.74) is 5.40. The van der Waals surface area contributed by atoms with Crippen molar-refractivity contribution in [2.75, 3.05) is 6.61 Å². The third kappa shape index (κ3) is 3.45. The number of hydrogen-bond donors (Lipinski definition) is 0. The molecule has 42 heavy (non-hydrogen) atoms. The summed E-state index contributed by atoms with van der Waals surface area (Å²) < 4.78 is 6.80. The summed E-state index contributed by atoms with van der Waals surface area (Å²) in [5.74, 6) is 3.13. The minimum absolute atomic E-state index is 0.177. The van der Waals surface area contributed by atoms with Gasteiger partial charge in [-0.3, -0.25) is 4.79 Å². The van der Waals surface area contributed by atoms with Gasteiger partial charge in [-0.1, -0.05) is 48.5 Å². The van der Waals surface area contributed by atoms with E-state index in [0.717, 1.165) is 30.4 Å². The highest BCUT2D eigenvalue weighted by molar-refractivity contribution is 7.10. The Kier molecular flexibility index (Phi) is 6.02. The van der Waals surface area contributed by atoms with Gasteiger partial charge in [0.05, 0.1) is 12.7 Å². The van der Waals surface area contributed by atoms with Gasteiger partial charge in [-0.2, -0.15) is 0 Å². The molecule has 1 aliphatic heterocycles. The van der Waals surface area contributed by atoms with E-state index in [-0.39, 0.29) is 10.8 Å². The summed E-state index contributed by atoms with van der Waals surface area (Å²) >= 11 is 1.94. The van der Waals surface area contributed by atoms with Gasteiger partial charge in [-0.15, -0.1) is 11.3 Å². The smallest absolute Gasteiger partial charge is 0.164 e. The molecule has 0 unspecified atom stereocenters. The normalized spacial score (nSPS) is 49.5. The molecule has 2 heterocycles. The minimum Gasteiger partial charge on any atom is -0.377 e. The van der Waals surface area contributed by atoms with Crippen molar-refractivity contribution < 1.29 is 9.53 Å². The Morgan fingerprint density at radius 3 is 2.43 bits per heavy atom. The molecule has 7 aliphatic rings. The zero-order valence-electron chi connectivity index (χ0n) is 27.7. The Labute approximate surface area is 259 Å². The SMILES string of the molecule is CC1(C)CC[C@]23CC[C@]4(C)[C@@H](CC[C@@H]5[C@@]6(C)C/C(=C\c7csc8c7CCCC8)C(=O)C(C)(C)[C@H]6CC[C@]54C)[C@@H]2[C@H]1OC3. The topological polar surface area (TPSA) is 26.3 Å². The average Bonchev–Trinajstić information content (AvgIpc) is 3.50. The molecule has 9 atom stereocenters. The fourth-order valence-corrected chi connectivity index (χ4v) is 14.9. The van der Waals surface area contributed by atoms with E-state index in [9.17, 15) is 4.79 Å². The molecule has 0 amide bonds. The number of carbonyl (C=O) groups excluding carboxylic acids is 1. The van der Waals surface area contributed by atoms with Crippen molar-refractivity contribution in [2.45, 2.75) is 138 Å². The summed E-state index contributed by atoms with van der Waals surface area (Å²) in [5, 5.41) is 2.37. The lowest BCUT2D eigenvalue weighted by molar-refractivity contribution is -0.236. The Bertz CT molecular complexity index is 1350. The van der Waals surface area contributed by atoms with E-state index < -0.39 is 0 Å². The van der Waals surface area contributed by atoms with Crippen LogP contribution in [0.15, 0.2) is 11.0 Å². The Balaban J connectivity index is 1.18. The number of rotatable bonds is 1. The van der Waals surface area contributed by atoms with Crippen molar-refractivity contribution >= 4 is 23.2 Å². The van der Waals surface area contributed by atoms with Crippen LogP contribution in [-0.4, -0.2) is 18.5 Å². The van der Waals surface area contributed by atoms with E-state index in [4.69, 9.17) is 4.74 Å². The summed E-state index contributed by atoms with van der Waals surface area (Å²) in [7, 11) is 0. The third-order valence-corrected chi connectivity index (χ3v) is 17.2. The molecule has 6 fully saturated rings. The molecule has 1 aromatic heterocycles. The first-order chi connectivity index (χ1) is 19.8. The molecule has 2 nitrogen and oxygen atoms in total. The molecule has 3 heteroatoms. The summed E-state index contributed by atoms with van der Waals surface area (Å²) in [4.78, 5) is 15.9. The van der Waals surface area contributed by atoms with Gasteiger partial charge in [0.1, 0.15) is 0 Å². The molecule has 0 N–H and O–H groups in total. The molecule has 2 bridgehead atoms. The van der Waals surface area contributed by atoms with Crippen LogP contribution in [0.4, 0.5) is 0 Å². The van der Waals surface area contributed by atoms with Crippen molar-refractivity contribution in [2.24, 2.45) is 56.2 Å². The van der Waals surface area contributed by atoms with Gasteiger partial charge in [-0.05, 0) is 162 Å². The highest BCUT2D eigenvalue weighted by Crippen LogP contribution is 2.78. The molecule has 5 saturated carbocycles. The van der Waals surface area contributed by atoms with Gasteiger partial charge in [0, 0.05) is 10.3 Å². The lowest BCUT2D eigenvalue weighted by atomic mass is 9.31. The number of aryl methyl sites for hydroxylation is 1. The van der Waals surface area contributed by atoms with E-state index in [1.165, 1.54) is 82.6 Å². The lowest BCUT2D eigenvalue weighted by Gasteiger charge is -2.73. The fourth-order valence-electron chi connectivity index (χ4n) is 13.8. The van der Waals surface area contributed by atoms with Crippen LogP contribution in [0.5, 0.6) is 0 Å². The van der Waals surface area contributed by atoms with Gasteiger partial charge in [-0.25, -0.2) is 0 Å². The standard InChI is InChI=1S/C39H56O2S/c1-34(2)16-18-39-19-17-37(6)27(31(39)33(34)41-23-39)12-13-30-36(5)21-24(20-25-22-42-28-11-9-8-10-26(25)28)32(40)35(3,4)29(36)14-15-38(30,37)7/h20,22,27,29-31,33H,8-19,21,23H2,1-7H3/b24-20+/t27-,29+,30+,31+,33+,36-,37+,38+,39+/m0/s1. The van der Waals surface area contributed by atoms with Crippen LogP contribution in [0.3, 0.4) is 0 Å². The second kappa shape index (κ2) is 8.86. The first-order valence-corrected chi connectivity index (χ1v) is 18.6. The third-order valence-electron chi connectivity index (χ3n) is 16.1. The molecule has 230 valence electrons. The molecule has 0 spiro atoms. The Morgan fingerprint density at radius 2 is 1.62 bits per heavy atom. The average molecular weight is 589 g/mol. The molecule has 0 aromatic carbocycles. The predicted octanol–water partition coefficient (Wildman–Crippen LogP) is 10.1. The van der Waals surface area contributed by atoms with Crippen molar-refractivity contribution in [3.63, 3.8) is 0 Å². The zero-order valence-corrected chi connectivity index (χ0v) is 28.5. The summed E-state index contributed by atoms with van der Waals surface area (Å²) in [6.45, 7) is 18.8. The molecule has 1 aromatic rings. The van der Waals surface area contributed by atoms with Crippen molar-refractivity contribution in [3.05, 3.63) is 27.0 Å². The van der Waals surface area contributed by atoms with E-state index in [1.807, 2.05) is 11.3 Å². The monoisotopic (exact) mass is 588 g/mol. The molecule has 8 rings (SSSR count). The first-order valence-electron chi connectivity index (χ1n) is 17.7. The zero-order chi connectivity index (χ0) is 29.5. The number of Topliss-reactive ketones (excluding diaryl/α,β-unsaturated/α-hetero) is 1. The van der Waals surface area contributed by atoms with Gasteiger partial charge in [0.15, 0.2) is 5.78 Å². The molecular weight excluding hydrogens is 532 g/mol. The number of fused-ring (bicyclic) bond motifs is 6. The molecule has 1 saturated heterocycles. The van der Waals surface area contributed by atoms with Crippen LogP contribution in [-0.2, 0) is 22.4 Å². The first kappa shape index (κ1) is 28.5. The van der Waals surface area contributed by atoms with Crippen LogP contribution >= 0.6 is 11.3 Å². The molecular formula is C39H56O2S. The largest absolute Gasteiger partial charge is 0.377 e. The van der Waals surface area contributed by atoms with Crippen LogP contribution in [0.2, 0.25) is 0 Å². The number of carbonyl (C=O) groups is 1. The number of thiophene rings is 1. The number of ether oxygens (including phenoxy) is 1. The van der Waals surface area contributed by atoms with Gasteiger partial charge < -0.3 is 4.74 Å². The van der Waals surface area contributed by atoms with Crippen LogP contribution in [0, 0.1) is 56.2 Å². The van der Waals surface area contributed by atoms with Gasteiger partial charge >= 0.3 is 0 Å². The maximum Gasteiger partial charge on any atom is 0.164 e. The van der Waals surface area contributed by atoms with Crippen LogP contribution in [0.1, 0.15) is 135 Å². The number of hydrogen-bond acceptors (Lipinski definition) is 3. The van der Waals surface area contributed by atoms with E-state index in [1.54, 1.807) is 10.4 Å². The van der Waals surface area contributed by atoms with Crippen molar-refractivity contribution in [3.8, 4) is 0 Å². The number of ketones is 1. The van der Waals surface area contributed by atoms with E-state index in [0.29, 0.717) is 45.4 Å².